The van der Waals surface area contributed by atoms with Crippen LogP contribution in [0.15, 0.2) is 24.3 Å². The number of rotatable bonds is 8. The van der Waals surface area contributed by atoms with E-state index in [1.165, 1.54) is 11.3 Å². The number of hydrogen-bond acceptors (Lipinski definition) is 7. The van der Waals surface area contributed by atoms with Gasteiger partial charge in [-0.1, -0.05) is 12.1 Å². The number of carbonyl (C=O) groups is 3. The van der Waals surface area contributed by atoms with Crippen molar-refractivity contribution < 1.29 is 28.6 Å². The molecule has 150 valence electrons. The third-order valence-corrected chi connectivity index (χ3v) is 4.95. The lowest BCUT2D eigenvalue weighted by molar-refractivity contribution is -0.149. The number of esters is 2. The Morgan fingerprint density at radius 3 is 2.50 bits per heavy atom. The second-order valence-electron chi connectivity index (χ2n) is 6.02. The first-order valence-corrected chi connectivity index (χ1v) is 9.55. The molecule has 28 heavy (non-hydrogen) atoms. The molecule has 0 saturated heterocycles. The van der Waals surface area contributed by atoms with Crippen LogP contribution in [0.2, 0.25) is 0 Å². The van der Waals surface area contributed by atoms with Crippen LogP contribution in [0.25, 0.3) is 0 Å². The van der Waals surface area contributed by atoms with E-state index >= 15 is 0 Å². The quantitative estimate of drug-likeness (QED) is 0.677. The van der Waals surface area contributed by atoms with Crippen LogP contribution in [-0.2, 0) is 19.1 Å². The molecule has 1 amide bonds. The molecule has 0 saturated carbocycles. The van der Waals surface area contributed by atoms with E-state index in [4.69, 9.17) is 14.2 Å². The van der Waals surface area contributed by atoms with Crippen LogP contribution >= 0.6 is 11.3 Å². The molecule has 1 N–H and O–H groups in total. The minimum atomic E-state index is -0.666. The topological polar surface area (TPSA) is 90.9 Å². The Balaban J connectivity index is 1.88. The Hall–Kier alpha value is -2.87. The highest BCUT2D eigenvalue weighted by atomic mass is 32.1. The van der Waals surface area contributed by atoms with E-state index in [2.05, 4.69) is 5.32 Å². The van der Waals surface area contributed by atoms with Crippen LogP contribution < -0.4 is 10.1 Å². The molecule has 0 spiro atoms. The van der Waals surface area contributed by atoms with Crippen molar-refractivity contribution >= 4 is 34.2 Å². The van der Waals surface area contributed by atoms with Crippen molar-refractivity contribution in [2.24, 2.45) is 0 Å². The van der Waals surface area contributed by atoms with Crippen molar-refractivity contribution in [3.63, 3.8) is 0 Å². The minimum absolute atomic E-state index is 0.235. The minimum Gasteiger partial charge on any atom is -0.482 e. The zero-order chi connectivity index (χ0) is 20.7. The van der Waals surface area contributed by atoms with Crippen LogP contribution in [0, 0.1) is 20.8 Å². The Morgan fingerprint density at radius 1 is 1.07 bits per heavy atom. The van der Waals surface area contributed by atoms with Gasteiger partial charge >= 0.3 is 11.9 Å². The average Bonchev–Trinajstić information content (AvgIpc) is 2.92. The summed E-state index contributed by atoms with van der Waals surface area (Å²) in [6.07, 6.45) is 0. The van der Waals surface area contributed by atoms with Crippen molar-refractivity contribution in [1.29, 1.82) is 0 Å². The van der Waals surface area contributed by atoms with E-state index in [9.17, 15) is 14.4 Å². The highest BCUT2D eigenvalue weighted by Gasteiger charge is 2.22. The lowest BCUT2D eigenvalue weighted by atomic mass is 10.1. The summed E-state index contributed by atoms with van der Waals surface area (Å²) in [5, 5.41) is 2.99. The van der Waals surface area contributed by atoms with Crippen LogP contribution in [0.5, 0.6) is 5.75 Å². The zero-order valence-electron chi connectivity index (χ0n) is 16.3. The van der Waals surface area contributed by atoms with Gasteiger partial charge in [-0.2, -0.15) is 0 Å². The van der Waals surface area contributed by atoms with Crippen molar-refractivity contribution in [2.45, 2.75) is 27.7 Å². The van der Waals surface area contributed by atoms with Gasteiger partial charge in [0, 0.05) is 4.88 Å². The van der Waals surface area contributed by atoms with Crippen LogP contribution in [0.4, 0.5) is 5.00 Å². The lowest BCUT2D eigenvalue weighted by Gasteiger charge is -2.09. The summed E-state index contributed by atoms with van der Waals surface area (Å²) in [6, 6.07) is 7.24. The monoisotopic (exact) mass is 405 g/mol. The van der Waals surface area contributed by atoms with E-state index in [1.807, 2.05) is 26.0 Å². The molecule has 8 heteroatoms. The van der Waals surface area contributed by atoms with Crippen LogP contribution in [0.1, 0.15) is 33.3 Å². The SMILES string of the molecule is CCOC(=O)c1c(NC(=O)COC(=O)COc2cccc(C)c2)sc(C)c1C. The maximum Gasteiger partial charge on any atom is 0.344 e. The normalized spacial score (nSPS) is 10.3. The molecule has 0 aliphatic rings. The number of anilines is 1. The van der Waals surface area contributed by atoms with Gasteiger partial charge in [-0.25, -0.2) is 9.59 Å². The number of hydrogen-bond donors (Lipinski definition) is 1. The number of ether oxygens (including phenoxy) is 3. The fraction of sp³-hybridized carbons (Fsp3) is 0.350. The average molecular weight is 405 g/mol. The lowest BCUT2D eigenvalue weighted by Crippen LogP contribution is -2.24. The highest BCUT2D eigenvalue weighted by molar-refractivity contribution is 7.16. The Kier molecular flexibility index (Phi) is 7.57. The molecular weight excluding hydrogens is 382 g/mol. The van der Waals surface area contributed by atoms with E-state index in [0.29, 0.717) is 16.3 Å². The molecule has 0 aliphatic heterocycles. The summed E-state index contributed by atoms with van der Waals surface area (Å²) in [5.41, 5.74) is 2.08. The maximum atomic E-state index is 12.1. The Labute approximate surface area is 167 Å². The molecule has 0 atom stereocenters. The van der Waals surface area contributed by atoms with E-state index in [-0.39, 0.29) is 13.2 Å². The molecule has 0 aliphatic carbocycles. The molecule has 0 unspecified atom stereocenters. The predicted molar refractivity (Wildman–Crippen MR) is 106 cm³/mol. The number of carbonyl (C=O) groups excluding carboxylic acids is 3. The van der Waals surface area contributed by atoms with Gasteiger partial charge < -0.3 is 19.5 Å². The number of benzene rings is 1. The first kappa shape index (κ1) is 21.4. The second-order valence-corrected chi connectivity index (χ2v) is 7.25. The molecule has 1 heterocycles. The zero-order valence-corrected chi connectivity index (χ0v) is 17.1. The molecule has 2 rings (SSSR count). The summed E-state index contributed by atoms with van der Waals surface area (Å²) >= 11 is 1.27. The summed E-state index contributed by atoms with van der Waals surface area (Å²) in [7, 11) is 0. The molecule has 0 fully saturated rings. The fourth-order valence-electron chi connectivity index (χ4n) is 2.36. The van der Waals surface area contributed by atoms with Gasteiger partial charge in [0.1, 0.15) is 10.8 Å². The largest absolute Gasteiger partial charge is 0.482 e. The number of amides is 1. The molecule has 1 aromatic heterocycles. The number of aryl methyl sites for hydroxylation is 2. The molecule has 0 radical (unpaired) electrons. The molecule has 1 aromatic carbocycles. The predicted octanol–water partition coefficient (Wildman–Crippen LogP) is 3.41. The molecular formula is C20H23NO6S. The first-order chi connectivity index (χ1) is 13.3. The van der Waals surface area contributed by atoms with Gasteiger partial charge in [-0.05, 0) is 51.0 Å². The Morgan fingerprint density at radius 2 is 1.82 bits per heavy atom. The Bertz CT molecular complexity index is 874. The smallest absolute Gasteiger partial charge is 0.344 e. The van der Waals surface area contributed by atoms with E-state index < -0.39 is 24.5 Å². The van der Waals surface area contributed by atoms with E-state index in [0.717, 1.165) is 16.0 Å². The highest BCUT2D eigenvalue weighted by Crippen LogP contribution is 2.33. The molecule has 7 nitrogen and oxygen atoms in total. The van der Waals surface area contributed by atoms with Crippen LogP contribution in [-0.4, -0.2) is 37.7 Å². The van der Waals surface area contributed by atoms with Gasteiger partial charge in [0.25, 0.3) is 5.91 Å². The van der Waals surface area contributed by atoms with Crippen molar-refractivity contribution in [3.05, 3.63) is 45.8 Å². The third-order valence-electron chi connectivity index (χ3n) is 3.83. The number of nitrogens with one attached hydrogen (secondary N) is 1. The summed E-state index contributed by atoms with van der Waals surface area (Å²) in [6.45, 7) is 6.71. The standard InChI is InChI=1S/C20H23NO6S/c1-5-25-20(24)18-13(3)14(4)28-19(18)21-16(22)10-27-17(23)11-26-15-8-6-7-12(2)9-15/h6-9H,5,10-11H2,1-4H3,(H,21,22). The van der Waals surface area contributed by atoms with Gasteiger partial charge in [0.2, 0.25) is 0 Å². The van der Waals surface area contributed by atoms with Gasteiger partial charge in [-0.3, -0.25) is 4.79 Å². The third kappa shape index (κ3) is 5.82. The first-order valence-electron chi connectivity index (χ1n) is 8.73. The van der Waals surface area contributed by atoms with Gasteiger partial charge in [0.05, 0.1) is 12.2 Å². The molecule has 0 bridgehead atoms. The van der Waals surface area contributed by atoms with Crippen molar-refractivity contribution in [2.75, 3.05) is 25.1 Å². The van der Waals surface area contributed by atoms with Gasteiger partial charge in [-0.15, -0.1) is 11.3 Å². The summed E-state index contributed by atoms with van der Waals surface area (Å²) in [4.78, 5) is 36.9. The van der Waals surface area contributed by atoms with Crippen molar-refractivity contribution in [3.8, 4) is 5.75 Å². The molecule has 2 aromatic rings. The van der Waals surface area contributed by atoms with Gasteiger partial charge in [0.15, 0.2) is 13.2 Å². The van der Waals surface area contributed by atoms with E-state index in [1.54, 1.807) is 26.0 Å². The summed E-state index contributed by atoms with van der Waals surface area (Å²) in [5.74, 6) is -1.16. The van der Waals surface area contributed by atoms with Crippen LogP contribution in [0.3, 0.4) is 0 Å². The van der Waals surface area contributed by atoms with Crippen molar-refractivity contribution in [1.82, 2.24) is 0 Å². The maximum absolute atomic E-state index is 12.1. The number of thiophene rings is 1. The fourth-order valence-corrected chi connectivity index (χ4v) is 3.43. The summed E-state index contributed by atoms with van der Waals surface area (Å²) < 4.78 is 15.3. The second kappa shape index (κ2) is 9.89.